The van der Waals surface area contributed by atoms with Gasteiger partial charge in [-0.3, -0.25) is 4.79 Å². The van der Waals surface area contributed by atoms with Crippen LogP contribution in [0.1, 0.15) is 10.4 Å². The SMILES string of the molecule is NC(=O)c1cccc2[nH]c(-c3cnn(-c4ccccc4)c3)nc12. The van der Waals surface area contributed by atoms with Gasteiger partial charge >= 0.3 is 0 Å². The molecular weight excluding hydrogens is 290 g/mol. The molecule has 0 aliphatic rings. The van der Waals surface area contributed by atoms with Gasteiger partial charge in [0.25, 0.3) is 5.91 Å². The van der Waals surface area contributed by atoms with Crippen molar-refractivity contribution in [3.8, 4) is 17.1 Å². The van der Waals surface area contributed by atoms with Crippen LogP contribution in [0.5, 0.6) is 0 Å². The van der Waals surface area contributed by atoms with Crippen LogP contribution in [0.3, 0.4) is 0 Å². The Hall–Kier alpha value is -3.41. The number of nitrogens with one attached hydrogen (secondary N) is 1. The summed E-state index contributed by atoms with van der Waals surface area (Å²) in [6.07, 6.45) is 3.62. The normalized spacial score (nSPS) is 11.0. The fourth-order valence-corrected chi connectivity index (χ4v) is 2.53. The van der Waals surface area contributed by atoms with Gasteiger partial charge in [-0.1, -0.05) is 24.3 Å². The maximum absolute atomic E-state index is 11.5. The molecule has 4 rings (SSSR count). The van der Waals surface area contributed by atoms with Crippen molar-refractivity contribution in [3.63, 3.8) is 0 Å². The number of nitrogens with two attached hydrogens (primary N) is 1. The Balaban J connectivity index is 1.80. The molecule has 1 amide bonds. The Kier molecular flexibility index (Phi) is 2.94. The standard InChI is InChI=1S/C17H13N5O/c18-16(23)13-7-4-8-14-15(13)21-17(20-14)11-9-19-22(10-11)12-5-2-1-3-6-12/h1-10H,(H2,18,23)(H,20,21). The van der Waals surface area contributed by atoms with E-state index in [0.29, 0.717) is 16.9 Å². The summed E-state index contributed by atoms with van der Waals surface area (Å²) in [4.78, 5) is 19.2. The quantitative estimate of drug-likeness (QED) is 0.609. The molecule has 2 aromatic carbocycles. The lowest BCUT2D eigenvalue weighted by Gasteiger charge is -1.98. The van der Waals surface area contributed by atoms with Crippen molar-refractivity contribution in [3.05, 3.63) is 66.5 Å². The predicted molar refractivity (Wildman–Crippen MR) is 87.2 cm³/mol. The predicted octanol–water partition coefficient (Wildman–Crippen LogP) is 2.51. The van der Waals surface area contributed by atoms with Crippen LogP contribution >= 0.6 is 0 Å². The van der Waals surface area contributed by atoms with Crippen molar-refractivity contribution >= 4 is 16.9 Å². The smallest absolute Gasteiger partial charge is 0.250 e. The largest absolute Gasteiger partial charge is 0.366 e. The van der Waals surface area contributed by atoms with Gasteiger partial charge in [-0.15, -0.1) is 0 Å². The van der Waals surface area contributed by atoms with Gasteiger partial charge in [0, 0.05) is 6.20 Å². The molecule has 0 aliphatic carbocycles. The van der Waals surface area contributed by atoms with E-state index in [4.69, 9.17) is 5.73 Å². The highest BCUT2D eigenvalue weighted by atomic mass is 16.1. The molecule has 0 aliphatic heterocycles. The summed E-state index contributed by atoms with van der Waals surface area (Å²) in [7, 11) is 0. The Labute approximate surface area is 131 Å². The zero-order valence-electron chi connectivity index (χ0n) is 12.1. The molecule has 0 saturated heterocycles. The van der Waals surface area contributed by atoms with Crippen LogP contribution < -0.4 is 5.73 Å². The van der Waals surface area contributed by atoms with E-state index in [9.17, 15) is 4.79 Å². The first kappa shape index (κ1) is 13.3. The minimum absolute atomic E-state index is 0.403. The number of fused-ring (bicyclic) bond motifs is 1. The average Bonchev–Trinajstić information content (AvgIpc) is 3.21. The minimum atomic E-state index is -0.492. The number of para-hydroxylation sites is 2. The number of carbonyl (C=O) groups is 1. The number of rotatable bonds is 3. The van der Waals surface area contributed by atoms with Crippen LogP contribution in [0.25, 0.3) is 28.1 Å². The molecule has 2 aromatic heterocycles. The van der Waals surface area contributed by atoms with E-state index in [1.165, 1.54) is 0 Å². The summed E-state index contributed by atoms with van der Waals surface area (Å²) < 4.78 is 1.78. The lowest BCUT2D eigenvalue weighted by atomic mass is 10.2. The number of aromatic nitrogens is 4. The lowest BCUT2D eigenvalue weighted by Crippen LogP contribution is -2.11. The van der Waals surface area contributed by atoms with Crippen LogP contribution in [0, 0.1) is 0 Å². The van der Waals surface area contributed by atoms with Crippen molar-refractivity contribution in [2.24, 2.45) is 5.73 Å². The number of H-pyrrole nitrogens is 1. The fraction of sp³-hybridized carbons (Fsp3) is 0. The van der Waals surface area contributed by atoms with Gasteiger partial charge in [0.15, 0.2) is 0 Å². The molecule has 0 atom stereocenters. The van der Waals surface area contributed by atoms with Crippen molar-refractivity contribution in [1.82, 2.24) is 19.7 Å². The van der Waals surface area contributed by atoms with Crippen molar-refractivity contribution in [2.75, 3.05) is 0 Å². The third-order valence-corrected chi connectivity index (χ3v) is 3.65. The number of nitrogens with zero attached hydrogens (tertiary/aromatic N) is 3. The third kappa shape index (κ3) is 2.26. The molecule has 0 spiro atoms. The lowest BCUT2D eigenvalue weighted by molar-refractivity contribution is 0.100. The first-order valence-electron chi connectivity index (χ1n) is 7.11. The van der Waals surface area contributed by atoms with E-state index in [1.54, 1.807) is 23.0 Å². The van der Waals surface area contributed by atoms with E-state index in [-0.39, 0.29) is 0 Å². The van der Waals surface area contributed by atoms with Crippen molar-refractivity contribution in [1.29, 1.82) is 0 Å². The summed E-state index contributed by atoms with van der Waals surface area (Å²) in [5.41, 5.74) is 8.94. The van der Waals surface area contributed by atoms with Crippen LogP contribution in [0.4, 0.5) is 0 Å². The highest BCUT2D eigenvalue weighted by molar-refractivity contribution is 6.04. The molecule has 4 aromatic rings. The number of aromatic amines is 1. The van der Waals surface area contributed by atoms with E-state index in [1.807, 2.05) is 42.6 Å². The molecule has 0 fully saturated rings. The second-order valence-corrected chi connectivity index (χ2v) is 5.16. The van der Waals surface area contributed by atoms with E-state index in [0.717, 1.165) is 16.8 Å². The highest BCUT2D eigenvalue weighted by Crippen LogP contribution is 2.23. The Morgan fingerprint density at radius 3 is 2.70 bits per heavy atom. The zero-order valence-corrected chi connectivity index (χ0v) is 12.1. The van der Waals surface area contributed by atoms with Gasteiger partial charge < -0.3 is 10.7 Å². The van der Waals surface area contributed by atoms with Gasteiger partial charge in [-0.05, 0) is 24.3 Å². The number of primary amides is 1. The molecule has 23 heavy (non-hydrogen) atoms. The number of carbonyl (C=O) groups excluding carboxylic acids is 1. The second-order valence-electron chi connectivity index (χ2n) is 5.16. The number of hydrogen-bond acceptors (Lipinski definition) is 3. The average molecular weight is 303 g/mol. The van der Waals surface area contributed by atoms with E-state index in [2.05, 4.69) is 15.1 Å². The van der Waals surface area contributed by atoms with Gasteiger partial charge in [0.1, 0.15) is 11.3 Å². The third-order valence-electron chi connectivity index (χ3n) is 3.65. The van der Waals surface area contributed by atoms with Gasteiger partial charge in [-0.25, -0.2) is 9.67 Å². The van der Waals surface area contributed by atoms with Gasteiger partial charge in [-0.2, -0.15) is 5.10 Å². The summed E-state index contributed by atoms with van der Waals surface area (Å²) in [5.74, 6) is 0.157. The molecule has 0 saturated carbocycles. The van der Waals surface area contributed by atoms with Crippen LogP contribution in [-0.2, 0) is 0 Å². The monoisotopic (exact) mass is 303 g/mol. The molecule has 0 unspecified atom stereocenters. The molecule has 0 bridgehead atoms. The molecule has 6 nitrogen and oxygen atoms in total. The number of amides is 1. The molecule has 2 heterocycles. The van der Waals surface area contributed by atoms with Crippen LogP contribution in [0.2, 0.25) is 0 Å². The van der Waals surface area contributed by atoms with E-state index < -0.39 is 5.91 Å². The molecular formula is C17H13N5O. The first-order valence-corrected chi connectivity index (χ1v) is 7.11. The summed E-state index contributed by atoms with van der Waals surface area (Å²) in [5, 5.41) is 4.36. The minimum Gasteiger partial charge on any atom is -0.366 e. The molecule has 112 valence electrons. The highest BCUT2D eigenvalue weighted by Gasteiger charge is 2.13. The molecule has 3 N–H and O–H groups in total. The first-order chi connectivity index (χ1) is 11.2. The second kappa shape index (κ2) is 5.10. The Morgan fingerprint density at radius 2 is 1.91 bits per heavy atom. The van der Waals surface area contributed by atoms with Gasteiger partial charge in [0.2, 0.25) is 0 Å². The number of hydrogen-bond donors (Lipinski definition) is 2. The maximum atomic E-state index is 11.5. The van der Waals surface area contributed by atoms with Crippen LogP contribution in [0.15, 0.2) is 60.9 Å². The summed E-state index contributed by atoms with van der Waals surface area (Å²) in [6.45, 7) is 0. The Morgan fingerprint density at radius 1 is 1.09 bits per heavy atom. The summed E-state index contributed by atoms with van der Waals surface area (Å²) in [6, 6.07) is 15.1. The number of imidazole rings is 1. The van der Waals surface area contributed by atoms with Gasteiger partial charge in [0.05, 0.1) is 28.5 Å². The fourth-order valence-electron chi connectivity index (χ4n) is 2.53. The Bertz CT molecular complexity index is 1000. The van der Waals surface area contributed by atoms with Crippen molar-refractivity contribution < 1.29 is 4.79 Å². The summed E-state index contributed by atoms with van der Waals surface area (Å²) >= 11 is 0. The molecule has 0 radical (unpaired) electrons. The van der Waals surface area contributed by atoms with Crippen LogP contribution in [-0.4, -0.2) is 25.7 Å². The molecule has 6 heteroatoms. The van der Waals surface area contributed by atoms with Crippen molar-refractivity contribution in [2.45, 2.75) is 0 Å². The number of benzene rings is 2. The maximum Gasteiger partial charge on any atom is 0.250 e. The zero-order chi connectivity index (χ0) is 15.8. The van der Waals surface area contributed by atoms with E-state index >= 15 is 0 Å². The topological polar surface area (TPSA) is 89.6 Å².